The minimum atomic E-state index is 0.0211. The largest absolute Gasteiger partial charge is 0.507 e. The molecule has 1 saturated heterocycles. The van der Waals surface area contributed by atoms with E-state index in [-0.39, 0.29) is 23.9 Å². The van der Waals surface area contributed by atoms with Crippen LogP contribution < -0.4 is 4.90 Å². The molecule has 152 valence electrons. The van der Waals surface area contributed by atoms with E-state index in [2.05, 4.69) is 54.9 Å². The first-order valence-corrected chi connectivity index (χ1v) is 10.6. The minimum absolute atomic E-state index is 0.0211. The fourth-order valence-electron chi connectivity index (χ4n) is 4.30. The number of hydrogen-bond donors (Lipinski definition) is 1. The van der Waals surface area contributed by atoms with Crippen LogP contribution in [0.25, 0.3) is 11.3 Å². The number of para-hydroxylation sites is 1. The van der Waals surface area contributed by atoms with Crippen LogP contribution in [0.3, 0.4) is 0 Å². The molecular weight excluding hydrogens is 384 g/mol. The maximum Gasteiger partial charge on any atom is 0.129 e. The Hall–Kier alpha value is -2.30. The number of halogens is 1. The van der Waals surface area contributed by atoms with Crippen molar-refractivity contribution in [3.05, 3.63) is 58.6 Å². The molecule has 0 bridgehead atoms. The molecule has 5 heteroatoms. The summed E-state index contributed by atoms with van der Waals surface area (Å²) in [5, 5.41) is 11.7. The van der Waals surface area contributed by atoms with Crippen LogP contribution in [0.15, 0.2) is 47.5 Å². The molecule has 1 N–H and O–H groups in total. The van der Waals surface area contributed by atoms with Gasteiger partial charge in [0.25, 0.3) is 0 Å². The van der Waals surface area contributed by atoms with E-state index in [9.17, 15) is 5.11 Å². The van der Waals surface area contributed by atoms with Crippen molar-refractivity contribution >= 4 is 40.5 Å². The summed E-state index contributed by atoms with van der Waals surface area (Å²) in [6.07, 6.45) is 3.18. The third kappa shape index (κ3) is 3.92. The lowest BCUT2D eigenvalue weighted by molar-refractivity contribution is -0.00521. The summed E-state index contributed by atoms with van der Waals surface area (Å²) in [4.78, 5) is 6.95. The molecule has 2 aromatic rings. The Labute approximate surface area is 177 Å². The van der Waals surface area contributed by atoms with Gasteiger partial charge in [0, 0.05) is 42.0 Å². The van der Waals surface area contributed by atoms with Crippen molar-refractivity contribution in [3.63, 3.8) is 0 Å². The van der Waals surface area contributed by atoms with E-state index < -0.39 is 0 Å². The van der Waals surface area contributed by atoms with Gasteiger partial charge in [-0.15, -0.1) is 0 Å². The second-order valence-electron chi connectivity index (χ2n) is 7.90. The lowest BCUT2D eigenvalue weighted by atomic mass is 9.89. The van der Waals surface area contributed by atoms with Crippen molar-refractivity contribution in [1.29, 1.82) is 0 Å². The molecule has 0 aromatic heterocycles. The first-order chi connectivity index (χ1) is 14.0. The molecule has 2 aliphatic rings. The lowest BCUT2D eigenvalue weighted by Crippen LogP contribution is -2.45. The van der Waals surface area contributed by atoms with Crippen LogP contribution in [-0.2, 0) is 4.74 Å². The van der Waals surface area contributed by atoms with Gasteiger partial charge in [-0.2, -0.15) is 0 Å². The first-order valence-electron chi connectivity index (χ1n) is 10.2. The number of allylic oxidation sites excluding steroid dienone is 1. The molecule has 4 rings (SSSR count). The minimum Gasteiger partial charge on any atom is -0.507 e. The Balaban J connectivity index is 1.72. The molecule has 3 atom stereocenters. The smallest absolute Gasteiger partial charge is 0.129 e. The molecule has 0 saturated carbocycles. The summed E-state index contributed by atoms with van der Waals surface area (Å²) >= 11 is 6.33. The number of morpholine rings is 1. The Morgan fingerprint density at radius 1 is 1.10 bits per heavy atom. The second kappa shape index (κ2) is 8.21. The van der Waals surface area contributed by atoms with Crippen LogP contribution in [-0.4, -0.2) is 36.6 Å². The average Bonchev–Trinajstić information content (AvgIpc) is 2.85. The summed E-state index contributed by atoms with van der Waals surface area (Å²) in [7, 11) is 0. The normalized spacial score (nSPS) is 24.4. The van der Waals surface area contributed by atoms with Gasteiger partial charge in [0.05, 0.1) is 22.9 Å². The summed E-state index contributed by atoms with van der Waals surface area (Å²) < 4.78 is 5.85. The highest BCUT2D eigenvalue weighted by atomic mass is 35.5. The molecule has 4 nitrogen and oxygen atoms in total. The molecule has 0 radical (unpaired) electrons. The quantitative estimate of drug-likeness (QED) is 0.662. The summed E-state index contributed by atoms with van der Waals surface area (Å²) in [6, 6.07) is 14.0. The van der Waals surface area contributed by atoms with Crippen molar-refractivity contribution in [3.8, 4) is 0 Å². The van der Waals surface area contributed by atoms with Crippen LogP contribution in [0, 0.1) is 5.92 Å². The van der Waals surface area contributed by atoms with Crippen LogP contribution in [0.4, 0.5) is 11.4 Å². The predicted octanol–water partition coefficient (Wildman–Crippen LogP) is 6.12. The molecule has 1 fully saturated rings. The number of ether oxygens (including phenoxy) is 1. The molecular formula is C24H27ClN2O2. The van der Waals surface area contributed by atoms with Gasteiger partial charge in [0.2, 0.25) is 0 Å². The molecule has 29 heavy (non-hydrogen) atoms. The number of fused-ring (bicyclic) bond motifs is 1. The Morgan fingerprint density at radius 3 is 2.45 bits per heavy atom. The maximum absolute atomic E-state index is 11.2. The number of rotatable bonds is 3. The van der Waals surface area contributed by atoms with Crippen LogP contribution in [0.5, 0.6) is 0 Å². The van der Waals surface area contributed by atoms with Gasteiger partial charge in [-0.3, -0.25) is 4.99 Å². The van der Waals surface area contributed by atoms with E-state index in [1.165, 1.54) is 5.69 Å². The standard InChI is InChI=1S/C24H27ClN2O2/c1-4-17-12-26-23-20(6-5-7-21(23)25)24(28)22(17)18-8-10-19(11-9-18)27-13-15(2)29-16(3)14-27/h5-12,15-17,28H,4,13-14H2,1-3H3/t15-,16+,17?. The number of aliphatic hydroxyl groups excluding tert-OH is 1. The number of anilines is 1. The van der Waals surface area contributed by atoms with Crippen LogP contribution in [0.1, 0.15) is 38.3 Å². The van der Waals surface area contributed by atoms with E-state index in [0.29, 0.717) is 16.3 Å². The van der Waals surface area contributed by atoms with Gasteiger partial charge in [-0.05, 0) is 50.1 Å². The van der Waals surface area contributed by atoms with Crippen molar-refractivity contribution in [1.82, 2.24) is 0 Å². The summed E-state index contributed by atoms with van der Waals surface area (Å²) in [6.45, 7) is 8.09. The zero-order valence-electron chi connectivity index (χ0n) is 17.1. The SMILES string of the molecule is CCC1C=Nc2c(Cl)cccc2C(O)=C1c1ccc(N2C[C@@H](C)O[C@@H](C)C2)cc1. The topological polar surface area (TPSA) is 45.1 Å². The third-order valence-electron chi connectivity index (χ3n) is 5.65. The highest BCUT2D eigenvalue weighted by molar-refractivity contribution is 6.33. The predicted molar refractivity (Wildman–Crippen MR) is 121 cm³/mol. The van der Waals surface area contributed by atoms with Crippen LogP contribution >= 0.6 is 11.6 Å². The fourth-order valence-corrected chi connectivity index (χ4v) is 4.52. The molecule has 1 unspecified atom stereocenters. The summed E-state index contributed by atoms with van der Waals surface area (Å²) in [5.74, 6) is 0.279. The van der Waals surface area contributed by atoms with Gasteiger partial charge in [0.1, 0.15) is 5.76 Å². The van der Waals surface area contributed by atoms with Gasteiger partial charge in [-0.25, -0.2) is 0 Å². The van der Waals surface area contributed by atoms with Crippen molar-refractivity contribution < 1.29 is 9.84 Å². The van der Waals surface area contributed by atoms with E-state index >= 15 is 0 Å². The second-order valence-corrected chi connectivity index (χ2v) is 8.31. The van der Waals surface area contributed by atoms with Crippen molar-refractivity contribution in [2.24, 2.45) is 10.9 Å². The molecule has 2 heterocycles. The third-order valence-corrected chi connectivity index (χ3v) is 5.96. The maximum atomic E-state index is 11.2. The van der Waals surface area contributed by atoms with E-state index in [4.69, 9.17) is 16.3 Å². The first kappa shape index (κ1) is 20.0. The Bertz CT molecular complexity index is 942. The van der Waals surface area contributed by atoms with Gasteiger partial charge >= 0.3 is 0 Å². The monoisotopic (exact) mass is 410 g/mol. The molecule has 2 aromatic carbocycles. The summed E-state index contributed by atoms with van der Waals surface area (Å²) in [5.41, 5.74) is 4.39. The molecule has 0 spiro atoms. The van der Waals surface area contributed by atoms with Crippen LogP contribution in [0.2, 0.25) is 5.02 Å². The zero-order chi connectivity index (χ0) is 20.5. The Morgan fingerprint density at radius 2 is 1.79 bits per heavy atom. The highest BCUT2D eigenvalue weighted by Gasteiger charge is 2.25. The highest BCUT2D eigenvalue weighted by Crippen LogP contribution is 2.41. The van der Waals surface area contributed by atoms with Crippen molar-refractivity contribution in [2.75, 3.05) is 18.0 Å². The van der Waals surface area contributed by atoms with Gasteiger partial charge in [-0.1, -0.05) is 36.7 Å². The number of aliphatic hydroxyl groups is 1. The molecule has 2 aliphatic heterocycles. The fraction of sp³-hybridized carbons (Fsp3) is 0.375. The van der Waals surface area contributed by atoms with E-state index in [1.807, 2.05) is 18.3 Å². The average molecular weight is 411 g/mol. The lowest BCUT2D eigenvalue weighted by Gasteiger charge is -2.37. The Kier molecular flexibility index (Phi) is 5.66. The number of nitrogens with zero attached hydrogens (tertiary/aromatic N) is 2. The number of aliphatic imine (C=N–C) groups is 1. The zero-order valence-corrected chi connectivity index (χ0v) is 17.9. The number of benzene rings is 2. The van der Waals surface area contributed by atoms with Crippen molar-refractivity contribution in [2.45, 2.75) is 39.4 Å². The molecule has 0 amide bonds. The number of hydrogen-bond acceptors (Lipinski definition) is 4. The van der Waals surface area contributed by atoms with E-state index in [1.54, 1.807) is 6.07 Å². The van der Waals surface area contributed by atoms with Gasteiger partial charge in [0.15, 0.2) is 0 Å². The molecule has 0 aliphatic carbocycles. The van der Waals surface area contributed by atoms with Gasteiger partial charge < -0.3 is 14.7 Å². The van der Waals surface area contributed by atoms with E-state index in [0.717, 1.165) is 30.6 Å².